The number of ketones is 1. The monoisotopic (exact) mass is 299 g/mol. The smallest absolute Gasteiger partial charge is 0.407 e. The predicted molar refractivity (Wildman–Crippen MR) is 77.9 cm³/mol. The van der Waals surface area contributed by atoms with Crippen molar-refractivity contribution >= 4 is 17.8 Å². The maximum Gasteiger partial charge on any atom is 0.407 e. The van der Waals surface area contributed by atoms with E-state index in [4.69, 9.17) is 4.74 Å². The molecule has 1 heterocycles. The van der Waals surface area contributed by atoms with E-state index < -0.39 is 12.1 Å². The summed E-state index contributed by atoms with van der Waals surface area (Å²) in [5.74, 6) is -0.178. The molecule has 0 aromatic heterocycles. The Hall–Kier alpha value is -1.63. The Kier molecular flexibility index (Phi) is 7.74. The summed E-state index contributed by atoms with van der Waals surface area (Å²) < 4.78 is 4.74. The topological polar surface area (TPSA) is 96.5 Å². The van der Waals surface area contributed by atoms with Crippen molar-refractivity contribution in [3.8, 4) is 0 Å². The Labute approximate surface area is 125 Å². The highest BCUT2D eigenvalue weighted by Gasteiger charge is 2.26. The van der Waals surface area contributed by atoms with Crippen LogP contribution in [0.25, 0.3) is 0 Å². The van der Waals surface area contributed by atoms with Gasteiger partial charge in [-0.15, -0.1) is 0 Å². The number of ether oxygens (including phenoxy) is 1. The van der Waals surface area contributed by atoms with Gasteiger partial charge in [0.05, 0.1) is 18.7 Å². The molecule has 3 N–H and O–H groups in total. The Morgan fingerprint density at radius 2 is 2.10 bits per heavy atom. The lowest BCUT2D eigenvalue weighted by Gasteiger charge is -2.19. The number of carbonyl (C=O) groups is 3. The number of alkyl carbamates (subject to hydrolysis) is 1. The van der Waals surface area contributed by atoms with Gasteiger partial charge in [-0.3, -0.25) is 9.59 Å². The van der Waals surface area contributed by atoms with Gasteiger partial charge >= 0.3 is 6.09 Å². The van der Waals surface area contributed by atoms with Gasteiger partial charge in [-0.25, -0.2) is 4.79 Å². The average molecular weight is 299 g/mol. The van der Waals surface area contributed by atoms with Gasteiger partial charge in [0.15, 0.2) is 5.78 Å². The van der Waals surface area contributed by atoms with Crippen LogP contribution in [-0.2, 0) is 14.3 Å². The first-order valence-electron chi connectivity index (χ1n) is 7.55. The second-order valence-electron chi connectivity index (χ2n) is 4.97. The summed E-state index contributed by atoms with van der Waals surface area (Å²) in [6, 6.07) is -0.776. The van der Waals surface area contributed by atoms with E-state index in [-0.39, 0.29) is 24.3 Å². The van der Waals surface area contributed by atoms with E-state index in [0.717, 1.165) is 19.4 Å². The SMILES string of the molecule is CCOC(=O)NCC[C@H](NC(=O)C1CCCN1)C(=O)CC. The maximum atomic E-state index is 12.0. The first-order valence-corrected chi connectivity index (χ1v) is 7.55. The lowest BCUT2D eigenvalue weighted by Crippen LogP contribution is -2.49. The zero-order valence-corrected chi connectivity index (χ0v) is 12.7. The molecule has 21 heavy (non-hydrogen) atoms. The molecule has 0 radical (unpaired) electrons. The summed E-state index contributed by atoms with van der Waals surface area (Å²) in [7, 11) is 0. The molecular formula is C14H25N3O4. The third kappa shape index (κ3) is 6.12. The zero-order valence-electron chi connectivity index (χ0n) is 12.7. The van der Waals surface area contributed by atoms with E-state index in [2.05, 4.69) is 16.0 Å². The highest BCUT2D eigenvalue weighted by molar-refractivity contribution is 5.90. The lowest BCUT2D eigenvalue weighted by atomic mass is 10.1. The molecule has 0 saturated carbocycles. The van der Waals surface area contributed by atoms with Gasteiger partial charge < -0.3 is 20.7 Å². The van der Waals surface area contributed by atoms with Crippen molar-refractivity contribution in [1.82, 2.24) is 16.0 Å². The summed E-state index contributed by atoms with van der Waals surface area (Å²) in [5.41, 5.74) is 0. The second kappa shape index (κ2) is 9.33. The molecule has 0 aromatic rings. The van der Waals surface area contributed by atoms with Crippen LogP contribution < -0.4 is 16.0 Å². The van der Waals surface area contributed by atoms with Crippen molar-refractivity contribution in [1.29, 1.82) is 0 Å². The zero-order chi connectivity index (χ0) is 15.7. The summed E-state index contributed by atoms with van der Waals surface area (Å²) in [4.78, 5) is 35.1. The molecular weight excluding hydrogens is 274 g/mol. The number of rotatable bonds is 8. The average Bonchev–Trinajstić information content (AvgIpc) is 2.99. The molecule has 0 bridgehead atoms. The maximum absolute atomic E-state index is 12.0. The fourth-order valence-electron chi connectivity index (χ4n) is 2.24. The number of Topliss-reactive ketones (excluding diaryl/α,β-unsaturated/α-hetero) is 1. The van der Waals surface area contributed by atoms with Crippen LogP contribution in [0.4, 0.5) is 4.79 Å². The standard InChI is InChI=1S/C14H25N3O4/c1-3-12(18)10(7-9-16-14(20)21-4-2)17-13(19)11-6-5-8-15-11/h10-11,15H,3-9H2,1-2H3,(H,16,20)(H,17,19)/t10-,11?/m0/s1. The molecule has 1 fully saturated rings. The Balaban J connectivity index is 2.42. The quantitative estimate of drug-likeness (QED) is 0.600. The van der Waals surface area contributed by atoms with Crippen LogP contribution in [0, 0.1) is 0 Å². The minimum absolute atomic E-state index is 0.0352. The van der Waals surface area contributed by atoms with E-state index in [1.807, 2.05) is 0 Å². The minimum atomic E-state index is -0.563. The summed E-state index contributed by atoms with van der Waals surface area (Å²) in [6.45, 7) is 4.89. The molecule has 7 heteroatoms. The van der Waals surface area contributed by atoms with E-state index in [0.29, 0.717) is 19.4 Å². The van der Waals surface area contributed by atoms with Crippen molar-refractivity contribution in [3.05, 3.63) is 0 Å². The van der Waals surface area contributed by atoms with Crippen LogP contribution in [0.2, 0.25) is 0 Å². The molecule has 2 atom stereocenters. The molecule has 120 valence electrons. The van der Waals surface area contributed by atoms with Gasteiger partial charge in [0.1, 0.15) is 0 Å². The van der Waals surface area contributed by atoms with Gasteiger partial charge in [-0.2, -0.15) is 0 Å². The van der Waals surface area contributed by atoms with E-state index >= 15 is 0 Å². The Morgan fingerprint density at radius 1 is 1.33 bits per heavy atom. The summed E-state index contributed by atoms with van der Waals surface area (Å²) >= 11 is 0. The van der Waals surface area contributed by atoms with Crippen LogP contribution >= 0.6 is 0 Å². The third-order valence-electron chi connectivity index (χ3n) is 3.41. The van der Waals surface area contributed by atoms with Gasteiger partial charge in [-0.1, -0.05) is 6.92 Å². The Bertz CT molecular complexity index is 367. The third-order valence-corrected chi connectivity index (χ3v) is 3.41. The van der Waals surface area contributed by atoms with E-state index in [1.54, 1.807) is 13.8 Å². The van der Waals surface area contributed by atoms with E-state index in [9.17, 15) is 14.4 Å². The van der Waals surface area contributed by atoms with Crippen LogP contribution in [0.1, 0.15) is 39.5 Å². The molecule has 1 rings (SSSR count). The van der Waals surface area contributed by atoms with Crippen molar-refractivity contribution < 1.29 is 19.1 Å². The molecule has 1 aliphatic rings. The van der Waals surface area contributed by atoms with Gasteiger partial charge in [0.2, 0.25) is 5.91 Å². The van der Waals surface area contributed by atoms with Gasteiger partial charge in [-0.05, 0) is 32.7 Å². The van der Waals surface area contributed by atoms with E-state index in [1.165, 1.54) is 0 Å². The van der Waals surface area contributed by atoms with Crippen molar-refractivity contribution in [3.63, 3.8) is 0 Å². The van der Waals surface area contributed by atoms with Gasteiger partial charge in [0, 0.05) is 13.0 Å². The predicted octanol–water partition coefficient (Wildman–Crippen LogP) is 0.339. The molecule has 2 amide bonds. The number of carbonyl (C=O) groups excluding carboxylic acids is 3. The molecule has 0 spiro atoms. The molecule has 0 aromatic carbocycles. The molecule has 1 aliphatic heterocycles. The molecule has 1 saturated heterocycles. The number of amides is 2. The minimum Gasteiger partial charge on any atom is -0.450 e. The Morgan fingerprint density at radius 3 is 2.67 bits per heavy atom. The molecule has 0 aliphatic carbocycles. The first kappa shape index (κ1) is 17.4. The van der Waals surface area contributed by atoms with Crippen molar-refractivity contribution in [2.24, 2.45) is 0 Å². The van der Waals surface area contributed by atoms with Crippen LogP contribution in [0.3, 0.4) is 0 Å². The fraction of sp³-hybridized carbons (Fsp3) is 0.786. The molecule has 1 unspecified atom stereocenters. The summed E-state index contributed by atoms with van der Waals surface area (Å²) in [6.07, 6.45) is 1.96. The number of hydrogen-bond acceptors (Lipinski definition) is 5. The highest BCUT2D eigenvalue weighted by Crippen LogP contribution is 2.06. The van der Waals surface area contributed by atoms with Gasteiger partial charge in [0.25, 0.3) is 0 Å². The largest absolute Gasteiger partial charge is 0.450 e. The van der Waals surface area contributed by atoms with Crippen molar-refractivity contribution in [2.75, 3.05) is 19.7 Å². The fourth-order valence-corrected chi connectivity index (χ4v) is 2.24. The van der Waals surface area contributed by atoms with Crippen LogP contribution in [0.5, 0.6) is 0 Å². The first-order chi connectivity index (χ1) is 10.1. The summed E-state index contributed by atoms with van der Waals surface area (Å²) in [5, 5.41) is 8.42. The normalized spacial score (nSPS) is 18.9. The van der Waals surface area contributed by atoms with Crippen molar-refractivity contribution in [2.45, 2.75) is 51.6 Å². The number of nitrogens with one attached hydrogen (secondary N) is 3. The molecule has 7 nitrogen and oxygen atoms in total. The second-order valence-corrected chi connectivity index (χ2v) is 4.97. The highest BCUT2D eigenvalue weighted by atomic mass is 16.5. The van der Waals surface area contributed by atoms with Crippen LogP contribution in [0.15, 0.2) is 0 Å². The number of hydrogen-bond donors (Lipinski definition) is 3. The lowest BCUT2D eigenvalue weighted by molar-refractivity contribution is -0.128. The van der Waals surface area contributed by atoms with Crippen LogP contribution in [-0.4, -0.2) is 49.6 Å².